The molecule has 0 atom stereocenters. The van der Waals surface area contributed by atoms with Crippen LogP contribution in [0.5, 0.6) is 5.75 Å². The van der Waals surface area contributed by atoms with Gasteiger partial charge in [0.2, 0.25) is 0 Å². The van der Waals surface area contributed by atoms with E-state index >= 15 is 0 Å². The molecule has 128 valence electrons. The zero-order chi connectivity index (χ0) is 17.5. The van der Waals surface area contributed by atoms with E-state index in [-0.39, 0.29) is 5.69 Å². The zero-order valence-electron chi connectivity index (χ0n) is 13.8. The van der Waals surface area contributed by atoms with Crippen molar-refractivity contribution in [2.45, 2.75) is 33.3 Å². The first kappa shape index (κ1) is 18.5. The fourth-order valence-corrected chi connectivity index (χ4v) is 1.73. The zero-order valence-corrected chi connectivity index (χ0v) is 13.8. The molecule has 1 aromatic carbocycles. The Kier molecular flexibility index (Phi) is 6.62. The second kappa shape index (κ2) is 8.21. The van der Waals surface area contributed by atoms with Gasteiger partial charge in [-0.25, -0.2) is 4.79 Å². The van der Waals surface area contributed by atoms with Crippen LogP contribution in [0.25, 0.3) is 0 Å². The molecule has 0 aromatic heterocycles. The van der Waals surface area contributed by atoms with Crippen LogP contribution in [0.1, 0.15) is 27.7 Å². The van der Waals surface area contributed by atoms with Crippen molar-refractivity contribution >= 4 is 17.5 Å². The third kappa shape index (κ3) is 7.35. The molecular formula is C15H23N3O5. The topological polar surface area (TPSA) is 103 Å². The smallest absolute Gasteiger partial charge is 0.407 e. The Balaban J connectivity index is 2.54. The van der Waals surface area contributed by atoms with Crippen molar-refractivity contribution in [1.29, 1.82) is 0 Å². The number of nitrogens with one attached hydrogen (secondary N) is 2. The lowest BCUT2D eigenvalue weighted by Gasteiger charge is -2.19. The van der Waals surface area contributed by atoms with E-state index in [2.05, 4.69) is 10.6 Å². The lowest BCUT2D eigenvalue weighted by molar-refractivity contribution is -0.384. The summed E-state index contributed by atoms with van der Waals surface area (Å²) in [4.78, 5) is 21.9. The van der Waals surface area contributed by atoms with E-state index in [4.69, 9.17) is 9.47 Å². The number of alkyl carbamates (subject to hydrolysis) is 1. The highest BCUT2D eigenvalue weighted by Crippen LogP contribution is 2.25. The average molecular weight is 325 g/mol. The number of nitro benzene ring substituents is 1. The molecule has 0 spiro atoms. The lowest BCUT2D eigenvalue weighted by Crippen LogP contribution is -2.35. The maximum atomic E-state index is 11.5. The number of anilines is 1. The Morgan fingerprint density at radius 1 is 1.26 bits per heavy atom. The fourth-order valence-electron chi connectivity index (χ4n) is 1.73. The predicted octanol–water partition coefficient (Wildman–Crippen LogP) is 2.93. The molecule has 0 aliphatic heterocycles. The van der Waals surface area contributed by atoms with Crippen molar-refractivity contribution < 1.29 is 19.2 Å². The Morgan fingerprint density at radius 2 is 1.96 bits per heavy atom. The number of non-ortho nitro benzene ring substituents is 1. The largest absolute Gasteiger partial charge is 0.494 e. The molecule has 8 nitrogen and oxygen atoms in total. The molecule has 0 saturated heterocycles. The number of amides is 1. The summed E-state index contributed by atoms with van der Waals surface area (Å²) in [5.74, 6) is 0.421. The van der Waals surface area contributed by atoms with Gasteiger partial charge in [0.05, 0.1) is 17.6 Å². The molecule has 0 aliphatic rings. The van der Waals surface area contributed by atoms with Gasteiger partial charge in [-0.2, -0.15) is 0 Å². The molecule has 1 amide bonds. The predicted molar refractivity (Wildman–Crippen MR) is 87.0 cm³/mol. The van der Waals surface area contributed by atoms with Crippen LogP contribution in [0.15, 0.2) is 18.2 Å². The summed E-state index contributed by atoms with van der Waals surface area (Å²) in [5.41, 5.74) is -0.0589. The average Bonchev–Trinajstić information content (AvgIpc) is 2.42. The number of nitro groups is 1. The highest BCUT2D eigenvalue weighted by molar-refractivity contribution is 5.67. The number of hydrogen-bond donors (Lipinski definition) is 2. The first-order valence-electron chi connectivity index (χ1n) is 7.34. The molecule has 8 heteroatoms. The summed E-state index contributed by atoms with van der Waals surface area (Å²) in [6.45, 7) is 8.28. The number of hydrogen-bond acceptors (Lipinski definition) is 6. The Labute approximate surface area is 135 Å². The fraction of sp³-hybridized carbons (Fsp3) is 0.533. The van der Waals surface area contributed by atoms with Gasteiger partial charge in [0.25, 0.3) is 5.69 Å². The van der Waals surface area contributed by atoms with E-state index in [1.165, 1.54) is 12.1 Å². The molecule has 0 unspecified atom stereocenters. The molecule has 0 bridgehead atoms. The number of rotatable bonds is 7. The van der Waals surface area contributed by atoms with Crippen molar-refractivity contribution in [3.05, 3.63) is 28.3 Å². The number of carbonyl (C=O) groups is 1. The lowest BCUT2D eigenvalue weighted by atomic mass is 10.2. The first-order valence-corrected chi connectivity index (χ1v) is 7.34. The van der Waals surface area contributed by atoms with E-state index < -0.39 is 16.6 Å². The van der Waals surface area contributed by atoms with E-state index in [1.807, 2.05) is 0 Å². The van der Waals surface area contributed by atoms with Crippen LogP contribution in [-0.2, 0) is 4.74 Å². The van der Waals surface area contributed by atoms with Crippen molar-refractivity contribution in [2.75, 3.05) is 25.0 Å². The van der Waals surface area contributed by atoms with Gasteiger partial charge in [0.1, 0.15) is 11.4 Å². The maximum absolute atomic E-state index is 11.5. The van der Waals surface area contributed by atoms with Crippen LogP contribution >= 0.6 is 0 Å². The highest BCUT2D eigenvalue weighted by atomic mass is 16.6. The summed E-state index contributed by atoms with van der Waals surface area (Å²) >= 11 is 0. The molecule has 0 fully saturated rings. The van der Waals surface area contributed by atoms with Gasteiger partial charge in [-0.15, -0.1) is 0 Å². The van der Waals surface area contributed by atoms with Gasteiger partial charge in [0, 0.05) is 30.9 Å². The van der Waals surface area contributed by atoms with E-state index in [0.29, 0.717) is 31.1 Å². The van der Waals surface area contributed by atoms with Crippen LogP contribution in [0, 0.1) is 10.1 Å². The van der Waals surface area contributed by atoms with Crippen LogP contribution in [0.4, 0.5) is 16.2 Å². The molecule has 0 heterocycles. The molecular weight excluding hydrogens is 302 g/mol. The van der Waals surface area contributed by atoms with Gasteiger partial charge in [-0.1, -0.05) is 0 Å². The minimum absolute atomic E-state index is 0.0569. The normalized spacial score (nSPS) is 10.8. The summed E-state index contributed by atoms with van der Waals surface area (Å²) in [7, 11) is 0. The van der Waals surface area contributed by atoms with Crippen molar-refractivity contribution in [3.8, 4) is 5.75 Å². The van der Waals surface area contributed by atoms with E-state index in [1.54, 1.807) is 33.8 Å². The SMILES string of the molecule is CCOc1cc(NCCNC(=O)OC(C)(C)C)cc([N+](=O)[O-])c1. The number of ether oxygens (including phenoxy) is 2. The first-order chi connectivity index (χ1) is 10.7. The number of carbonyl (C=O) groups excluding carboxylic acids is 1. The standard InChI is InChI=1S/C15H23N3O5/c1-5-22-13-9-11(8-12(10-13)18(20)21)16-6-7-17-14(19)23-15(2,3)4/h8-10,16H,5-7H2,1-4H3,(H,17,19). The third-order valence-electron chi connectivity index (χ3n) is 2.54. The molecule has 0 aliphatic carbocycles. The Morgan fingerprint density at radius 3 is 2.52 bits per heavy atom. The summed E-state index contributed by atoms with van der Waals surface area (Å²) in [5, 5.41) is 16.5. The minimum atomic E-state index is -0.552. The van der Waals surface area contributed by atoms with Gasteiger partial charge < -0.3 is 20.1 Å². The van der Waals surface area contributed by atoms with Gasteiger partial charge in [0.15, 0.2) is 0 Å². The molecule has 1 aromatic rings. The van der Waals surface area contributed by atoms with Gasteiger partial charge in [-0.05, 0) is 27.7 Å². The summed E-state index contributed by atoms with van der Waals surface area (Å²) < 4.78 is 10.4. The second-order valence-electron chi connectivity index (χ2n) is 5.76. The molecule has 0 radical (unpaired) electrons. The van der Waals surface area contributed by atoms with Gasteiger partial charge in [-0.3, -0.25) is 10.1 Å². The quantitative estimate of drug-likeness (QED) is 0.454. The molecule has 0 saturated carbocycles. The number of benzene rings is 1. The third-order valence-corrected chi connectivity index (χ3v) is 2.54. The molecule has 23 heavy (non-hydrogen) atoms. The van der Waals surface area contributed by atoms with Crippen LogP contribution in [0.3, 0.4) is 0 Å². The van der Waals surface area contributed by atoms with E-state index in [9.17, 15) is 14.9 Å². The minimum Gasteiger partial charge on any atom is -0.494 e. The Hall–Kier alpha value is -2.51. The van der Waals surface area contributed by atoms with E-state index in [0.717, 1.165) is 0 Å². The second-order valence-corrected chi connectivity index (χ2v) is 5.76. The van der Waals surface area contributed by atoms with Crippen LogP contribution < -0.4 is 15.4 Å². The molecule has 2 N–H and O–H groups in total. The van der Waals surface area contributed by atoms with Crippen LogP contribution in [0.2, 0.25) is 0 Å². The maximum Gasteiger partial charge on any atom is 0.407 e. The van der Waals surface area contributed by atoms with Crippen molar-refractivity contribution in [1.82, 2.24) is 5.32 Å². The summed E-state index contributed by atoms with van der Waals surface area (Å²) in [6.07, 6.45) is -0.506. The van der Waals surface area contributed by atoms with Crippen molar-refractivity contribution in [3.63, 3.8) is 0 Å². The highest BCUT2D eigenvalue weighted by Gasteiger charge is 2.15. The summed E-state index contributed by atoms with van der Waals surface area (Å²) in [6, 6.07) is 4.45. The molecule has 1 rings (SSSR count). The van der Waals surface area contributed by atoms with Crippen molar-refractivity contribution in [2.24, 2.45) is 0 Å². The monoisotopic (exact) mass is 325 g/mol. The number of nitrogens with zero attached hydrogens (tertiary/aromatic N) is 1. The Bertz CT molecular complexity index is 555. The van der Waals surface area contributed by atoms with Crippen LogP contribution in [-0.4, -0.2) is 36.3 Å². The van der Waals surface area contributed by atoms with Gasteiger partial charge >= 0.3 is 6.09 Å².